The molecular weight excluding hydrogens is 252 g/mol. The van der Waals surface area contributed by atoms with Gasteiger partial charge >= 0.3 is 0 Å². The van der Waals surface area contributed by atoms with Crippen molar-refractivity contribution >= 4 is 11.3 Å². The molecule has 0 amide bonds. The van der Waals surface area contributed by atoms with Gasteiger partial charge in [0.25, 0.3) is 0 Å². The second-order valence-electron chi connectivity index (χ2n) is 6.75. The smallest absolute Gasteiger partial charge is 0.113 e. The van der Waals surface area contributed by atoms with Gasteiger partial charge in [-0.05, 0) is 44.4 Å². The Morgan fingerprint density at radius 1 is 1.16 bits per heavy atom. The highest BCUT2D eigenvalue weighted by molar-refractivity contribution is 7.09. The average Bonchev–Trinajstić information content (AvgIpc) is 2.94. The summed E-state index contributed by atoms with van der Waals surface area (Å²) < 4.78 is 0. The minimum atomic E-state index is -0.121. The molecule has 0 aromatic carbocycles. The van der Waals surface area contributed by atoms with E-state index in [9.17, 15) is 0 Å². The minimum Gasteiger partial charge on any atom is -0.319 e. The number of rotatable bonds is 2. The van der Waals surface area contributed by atoms with Crippen molar-refractivity contribution in [2.24, 2.45) is 11.7 Å². The number of hydrogen-bond donors (Lipinski definition) is 1. The summed E-state index contributed by atoms with van der Waals surface area (Å²) in [7, 11) is 0. The maximum Gasteiger partial charge on any atom is 0.113 e. The molecule has 0 bridgehead atoms. The summed E-state index contributed by atoms with van der Waals surface area (Å²) in [6.07, 6.45) is 11.6. The van der Waals surface area contributed by atoms with Crippen molar-refractivity contribution in [2.75, 3.05) is 0 Å². The monoisotopic (exact) mass is 278 g/mol. The largest absolute Gasteiger partial charge is 0.319 e. The van der Waals surface area contributed by atoms with Crippen LogP contribution in [-0.4, -0.2) is 4.98 Å². The second kappa shape index (κ2) is 5.53. The van der Waals surface area contributed by atoms with Crippen molar-refractivity contribution in [3.8, 4) is 0 Å². The molecule has 2 nitrogen and oxygen atoms in total. The van der Waals surface area contributed by atoms with Gasteiger partial charge in [-0.3, -0.25) is 0 Å². The van der Waals surface area contributed by atoms with Crippen LogP contribution >= 0.6 is 11.3 Å². The van der Waals surface area contributed by atoms with Crippen molar-refractivity contribution < 1.29 is 0 Å². The van der Waals surface area contributed by atoms with E-state index in [0.29, 0.717) is 5.92 Å². The lowest BCUT2D eigenvalue weighted by Gasteiger charge is -2.34. The van der Waals surface area contributed by atoms with Crippen molar-refractivity contribution in [3.63, 3.8) is 0 Å². The number of aromatic nitrogens is 1. The SMILES string of the molecule is CC1CCC(N)(c2nc(C3CCCCC3)cs2)CC1. The summed E-state index contributed by atoms with van der Waals surface area (Å²) in [5, 5.41) is 3.50. The lowest BCUT2D eigenvalue weighted by atomic mass is 9.78. The molecule has 0 unspecified atom stereocenters. The van der Waals surface area contributed by atoms with Crippen LogP contribution in [0.4, 0.5) is 0 Å². The molecule has 106 valence electrons. The first-order valence-corrected chi connectivity index (χ1v) is 8.80. The maximum absolute atomic E-state index is 6.63. The highest BCUT2D eigenvalue weighted by atomic mass is 32.1. The molecule has 2 saturated carbocycles. The Morgan fingerprint density at radius 2 is 1.84 bits per heavy atom. The van der Waals surface area contributed by atoms with Crippen molar-refractivity contribution in [1.29, 1.82) is 0 Å². The predicted molar refractivity (Wildman–Crippen MR) is 81.4 cm³/mol. The number of nitrogens with two attached hydrogens (primary N) is 1. The van der Waals surface area contributed by atoms with Crippen LogP contribution in [0, 0.1) is 5.92 Å². The molecule has 1 aromatic heterocycles. The van der Waals surface area contributed by atoms with Gasteiger partial charge in [-0.1, -0.05) is 26.2 Å². The van der Waals surface area contributed by atoms with Crippen LogP contribution in [0.3, 0.4) is 0 Å². The molecule has 0 spiro atoms. The average molecular weight is 278 g/mol. The van der Waals surface area contributed by atoms with Gasteiger partial charge in [-0.2, -0.15) is 0 Å². The third kappa shape index (κ3) is 2.87. The zero-order valence-corrected chi connectivity index (χ0v) is 12.8. The Hall–Kier alpha value is -0.410. The fraction of sp³-hybridized carbons (Fsp3) is 0.812. The first kappa shape index (κ1) is 13.6. The van der Waals surface area contributed by atoms with Crippen molar-refractivity contribution in [1.82, 2.24) is 4.98 Å². The van der Waals surface area contributed by atoms with Gasteiger partial charge < -0.3 is 5.73 Å². The normalized spacial score (nSPS) is 33.5. The molecule has 19 heavy (non-hydrogen) atoms. The quantitative estimate of drug-likeness (QED) is 0.861. The summed E-state index contributed by atoms with van der Waals surface area (Å²) in [5.74, 6) is 1.55. The highest BCUT2D eigenvalue weighted by Crippen LogP contribution is 2.40. The van der Waals surface area contributed by atoms with Crippen LogP contribution in [0.25, 0.3) is 0 Å². The lowest BCUT2D eigenvalue weighted by Crippen LogP contribution is -2.40. The van der Waals surface area contributed by atoms with Gasteiger partial charge in [-0.15, -0.1) is 11.3 Å². The molecule has 1 heterocycles. The molecule has 0 atom stereocenters. The molecule has 2 aliphatic carbocycles. The van der Waals surface area contributed by atoms with Crippen LogP contribution in [0.15, 0.2) is 5.38 Å². The number of thiazole rings is 1. The molecule has 2 aliphatic rings. The maximum atomic E-state index is 6.63. The number of nitrogens with zero attached hydrogens (tertiary/aromatic N) is 1. The standard InChI is InChI=1S/C16H26N2S/c1-12-7-9-16(17,10-8-12)15-18-14(11-19-15)13-5-3-2-4-6-13/h11-13H,2-10,17H2,1H3. The predicted octanol–water partition coefficient (Wildman–Crippen LogP) is 4.55. The zero-order valence-electron chi connectivity index (χ0n) is 12.0. The fourth-order valence-electron chi connectivity index (χ4n) is 3.59. The third-order valence-corrected chi connectivity index (χ3v) is 6.22. The first-order valence-electron chi connectivity index (χ1n) is 7.92. The molecule has 2 N–H and O–H groups in total. The fourth-order valence-corrected chi connectivity index (χ4v) is 4.67. The Morgan fingerprint density at radius 3 is 2.53 bits per heavy atom. The van der Waals surface area contributed by atoms with E-state index in [1.165, 1.54) is 55.6 Å². The second-order valence-corrected chi connectivity index (χ2v) is 7.61. The van der Waals surface area contributed by atoms with Crippen LogP contribution < -0.4 is 5.73 Å². The van der Waals surface area contributed by atoms with Gasteiger partial charge in [0.15, 0.2) is 0 Å². The van der Waals surface area contributed by atoms with Gasteiger partial charge in [0.1, 0.15) is 5.01 Å². The van der Waals surface area contributed by atoms with E-state index in [4.69, 9.17) is 10.7 Å². The zero-order chi connectivity index (χ0) is 13.3. The van der Waals surface area contributed by atoms with E-state index in [2.05, 4.69) is 12.3 Å². The Balaban J connectivity index is 1.73. The van der Waals surface area contributed by atoms with Gasteiger partial charge in [0, 0.05) is 11.3 Å². The van der Waals surface area contributed by atoms with Crippen LogP contribution in [0.1, 0.15) is 81.3 Å². The molecule has 0 radical (unpaired) electrons. The van der Waals surface area contributed by atoms with Crippen LogP contribution in [0.2, 0.25) is 0 Å². The summed E-state index contributed by atoms with van der Waals surface area (Å²) in [5.41, 5.74) is 7.85. The first-order chi connectivity index (χ1) is 9.17. The van der Waals surface area contributed by atoms with Crippen molar-refractivity contribution in [2.45, 2.75) is 76.2 Å². The molecular formula is C16H26N2S. The summed E-state index contributed by atoms with van der Waals surface area (Å²) >= 11 is 1.81. The van der Waals surface area contributed by atoms with Crippen molar-refractivity contribution in [3.05, 3.63) is 16.1 Å². The molecule has 0 saturated heterocycles. The Bertz CT molecular complexity index is 412. The van der Waals surface area contributed by atoms with E-state index in [1.54, 1.807) is 0 Å². The highest BCUT2D eigenvalue weighted by Gasteiger charge is 2.35. The summed E-state index contributed by atoms with van der Waals surface area (Å²) in [4.78, 5) is 4.95. The molecule has 3 rings (SSSR count). The topological polar surface area (TPSA) is 38.9 Å². The summed E-state index contributed by atoms with van der Waals surface area (Å²) in [6.45, 7) is 2.34. The molecule has 3 heteroatoms. The number of hydrogen-bond acceptors (Lipinski definition) is 3. The van der Waals surface area contributed by atoms with E-state index in [-0.39, 0.29) is 5.54 Å². The third-order valence-electron chi connectivity index (χ3n) is 5.14. The van der Waals surface area contributed by atoms with E-state index < -0.39 is 0 Å². The lowest BCUT2D eigenvalue weighted by molar-refractivity contribution is 0.247. The molecule has 0 aliphatic heterocycles. The Kier molecular flexibility index (Phi) is 3.95. The Labute approximate surface area is 120 Å². The molecule has 1 aromatic rings. The van der Waals surface area contributed by atoms with E-state index >= 15 is 0 Å². The van der Waals surface area contributed by atoms with Gasteiger partial charge in [0.2, 0.25) is 0 Å². The van der Waals surface area contributed by atoms with Gasteiger partial charge in [-0.25, -0.2) is 4.98 Å². The van der Waals surface area contributed by atoms with Gasteiger partial charge in [0.05, 0.1) is 11.2 Å². The molecule has 2 fully saturated rings. The van der Waals surface area contributed by atoms with E-state index in [0.717, 1.165) is 18.8 Å². The van der Waals surface area contributed by atoms with E-state index in [1.807, 2.05) is 11.3 Å². The minimum absolute atomic E-state index is 0.121. The van der Waals surface area contributed by atoms with Crippen LogP contribution in [-0.2, 0) is 5.54 Å². The summed E-state index contributed by atoms with van der Waals surface area (Å²) in [6, 6.07) is 0. The van der Waals surface area contributed by atoms with Crippen LogP contribution in [0.5, 0.6) is 0 Å².